The number of aromatic nitrogens is 1. The summed E-state index contributed by atoms with van der Waals surface area (Å²) in [7, 11) is 0. The molecule has 0 N–H and O–H groups in total. The van der Waals surface area contributed by atoms with Crippen molar-refractivity contribution in [3.63, 3.8) is 0 Å². The smallest absolute Gasteiger partial charge is 0.153 e. The number of carbonyl (C=O) groups excluding carboxylic acids is 1. The van der Waals surface area contributed by atoms with Gasteiger partial charge in [0.1, 0.15) is 5.69 Å². The van der Waals surface area contributed by atoms with Crippen LogP contribution in [0.15, 0.2) is 12.8 Å². The van der Waals surface area contributed by atoms with E-state index in [4.69, 9.17) is 27.9 Å². The fraction of sp³-hybridized carbons (Fsp3) is 0.333. The Balaban J connectivity index is 2.32. The Hall–Kier alpha value is -1.10. The molecule has 1 aliphatic rings. The van der Waals surface area contributed by atoms with Crippen molar-refractivity contribution in [2.75, 3.05) is 26.3 Å². The highest BCUT2D eigenvalue weighted by molar-refractivity contribution is 6.39. The molecule has 0 amide bonds. The van der Waals surface area contributed by atoms with Crippen molar-refractivity contribution in [2.24, 2.45) is 0 Å². The zero-order valence-electron chi connectivity index (χ0n) is 9.66. The van der Waals surface area contributed by atoms with Crippen LogP contribution in [0.5, 0.6) is 0 Å². The molecule has 1 aromatic rings. The molecule has 1 aliphatic heterocycles. The minimum atomic E-state index is 0.244. The standard InChI is InChI=1S/C12H12Cl2N2O2/c1-8(16-2-4-18-5-3-16)12-11(14)9(7-17)10(13)6-15-12/h6-7H,1-5H2. The third-order valence-electron chi connectivity index (χ3n) is 2.79. The Labute approximate surface area is 115 Å². The lowest BCUT2D eigenvalue weighted by molar-refractivity contribution is 0.0639. The Morgan fingerprint density at radius 2 is 2.11 bits per heavy atom. The first-order valence-electron chi connectivity index (χ1n) is 5.46. The average Bonchev–Trinajstić information content (AvgIpc) is 2.40. The predicted octanol–water partition coefficient (Wildman–Crippen LogP) is 2.50. The third-order valence-corrected chi connectivity index (χ3v) is 3.48. The van der Waals surface area contributed by atoms with Gasteiger partial charge in [-0.05, 0) is 0 Å². The van der Waals surface area contributed by atoms with E-state index in [1.165, 1.54) is 6.20 Å². The van der Waals surface area contributed by atoms with Gasteiger partial charge in [0.15, 0.2) is 6.29 Å². The van der Waals surface area contributed by atoms with Gasteiger partial charge in [-0.2, -0.15) is 0 Å². The van der Waals surface area contributed by atoms with Crippen LogP contribution < -0.4 is 0 Å². The fourth-order valence-corrected chi connectivity index (χ4v) is 2.31. The Bertz CT molecular complexity index is 485. The number of hydrogen-bond acceptors (Lipinski definition) is 4. The molecule has 2 heterocycles. The van der Waals surface area contributed by atoms with Gasteiger partial charge in [-0.25, -0.2) is 0 Å². The highest BCUT2D eigenvalue weighted by Gasteiger charge is 2.19. The largest absolute Gasteiger partial charge is 0.378 e. The second-order valence-electron chi connectivity index (χ2n) is 3.85. The molecule has 0 aromatic carbocycles. The summed E-state index contributed by atoms with van der Waals surface area (Å²) in [5, 5.41) is 0.488. The second-order valence-corrected chi connectivity index (χ2v) is 4.63. The van der Waals surface area contributed by atoms with Crippen molar-refractivity contribution in [3.05, 3.63) is 34.1 Å². The highest BCUT2D eigenvalue weighted by atomic mass is 35.5. The maximum atomic E-state index is 10.9. The van der Waals surface area contributed by atoms with Gasteiger partial charge < -0.3 is 9.64 Å². The molecule has 0 spiro atoms. The lowest BCUT2D eigenvalue weighted by atomic mass is 10.2. The SMILES string of the molecule is C=C(c1ncc(Cl)c(C=O)c1Cl)N1CCOCC1. The minimum absolute atomic E-state index is 0.244. The van der Waals surface area contributed by atoms with Crippen molar-refractivity contribution < 1.29 is 9.53 Å². The first-order chi connectivity index (χ1) is 8.65. The van der Waals surface area contributed by atoms with Crippen molar-refractivity contribution >= 4 is 35.2 Å². The van der Waals surface area contributed by atoms with Gasteiger partial charge in [0.05, 0.1) is 34.5 Å². The summed E-state index contributed by atoms with van der Waals surface area (Å²) >= 11 is 12.0. The van der Waals surface area contributed by atoms with Gasteiger partial charge >= 0.3 is 0 Å². The normalized spacial score (nSPS) is 15.6. The van der Waals surface area contributed by atoms with Gasteiger partial charge in [0.25, 0.3) is 0 Å². The second kappa shape index (κ2) is 5.69. The van der Waals surface area contributed by atoms with Crippen molar-refractivity contribution in [1.29, 1.82) is 0 Å². The predicted molar refractivity (Wildman–Crippen MR) is 71.1 cm³/mol. The summed E-state index contributed by atoms with van der Waals surface area (Å²) in [4.78, 5) is 17.1. The monoisotopic (exact) mass is 286 g/mol. The zero-order chi connectivity index (χ0) is 13.1. The van der Waals surface area contributed by atoms with Gasteiger partial charge in [0.2, 0.25) is 0 Å². The molecule has 1 saturated heterocycles. The average molecular weight is 287 g/mol. The quantitative estimate of drug-likeness (QED) is 0.801. The van der Waals surface area contributed by atoms with E-state index in [0.717, 1.165) is 13.1 Å². The van der Waals surface area contributed by atoms with E-state index in [1.807, 2.05) is 4.90 Å². The molecule has 0 aliphatic carbocycles. The molecule has 0 unspecified atom stereocenters. The number of ether oxygens (including phenoxy) is 1. The molecule has 1 fully saturated rings. The van der Waals surface area contributed by atoms with Crippen LogP contribution >= 0.6 is 23.2 Å². The van der Waals surface area contributed by atoms with Crippen LogP contribution in [-0.4, -0.2) is 42.5 Å². The number of halogens is 2. The Morgan fingerprint density at radius 1 is 1.44 bits per heavy atom. The fourth-order valence-electron chi connectivity index (χ4n) is 1.77. The molecule has 0 radical (unpaired) electrons. The summed E-state index contributed by atoms with van der Waals surface area (Å²) in [6.07, 6.45) is 2.04. The minimum Gasteiger partial charge on any atom is -0.378 e. The van der Waals surface area contributed by atoms with E-state index in [9.17, 15) is 4.79 Å². The van der Waals surface area contributed by atoms with Crippen LogP contribution in [0.25, 0.3) is 5.70 Å². The number of carbonyl (C=O) groups is 1. The van der Waals surface area contributed by atoms with Crippen LogP contribution in [0.2, 0.25) is 10.0 Å². The van der Waals surface area contributed by atoms with Crippen LogP contribution in [0.1, 0.15) is 16.1 Å². The van der Waals surface area contributed by atoms with Crippen LogP contribution in [0.4, 0.5) is 0 Å². The van der Waals surface area contributed by atoms with Crippen LogP contribution in [0, 0.1) is 0 Å². The Morgan fingerprint density at radius 3 is 2.72 bits per heavy atom. The topological polar surface area (TPSA) is 42.4 Å². The molecule has 18 heavy (non-hydrogen) atoms. The van der Waals surface area contributed by atoms with Crippen LogP contribution in [-0.2, 0) is 4.74 Å². The first-order valence-corrected chi connectivity index (χ1v) is 6.22. The number of aldehydes is 1. The summed E-state index contributed by atoms with van der Waals surface area (Å²) < 4.78 is 5.27. The summed E-state index contributed by atoms with van der Waals surface area (Å²) in [6.45, 7) is 6.73. The van der Waals surface area contributed by atoms with Gasteiger partial charge in [0, 0.05) is 19.3 Å². The number of hydrogen-bond donors (Lipinski definition) is 0. The molecule has 6 heteroatoms. The van der Waals surface area contributed by atoms with Crippen molar-refractivity contribution in [1.82, 2.24) is 9.88 Å². The van der Waals surface area contributed by atoms with Crippen molar-refractivity contribution in [2.45, 2.75) is 0 Å². The van der Waals surface area contributed by atoms with Crippen molar-refractivity contribution in [3.8, 4) is 0 Å². The molecule has 0 saturated carbocycles. The number of nitrogens with zero attached hydrogens (tertiary/aromatic N) is 2. The lowest BCUT2D eigenvalue weighted by Crippen LogP contribution is -2.34. The van der Waals surface area contributed by atoms with E-state index in [1.54, 1.807) is 0 Å². The summed E-state index contributed by atoms with van der Waals surface area (Å²) in [5.74, 6) is 0. The lowest BCUT2D eigenvalue weighted by Gasteiger charge is -2.30. The molecule has 0 atom stereocenters. The van der Waals surface area contributed by atoms with E-state index >= 15 is 0 Å². The molecular weight excluding hydrogens is 275 g/mol. The molecule has 96 valence electrons. The van der Waals surface area contributed by atoms with E-state index in [-0.39, 0.29) is 15.6 Å². The number of rotatable bonds is 3. The van der Waals surface area contributed by atoms with Gasteiger partial charge in [-0.15, -0.1) is 0 Å². The Kier molecular flexibility index (Phi) is 4.22. The number of pyridine rings is 1. The molecular formula is C12H12Cl2N2O2. The molecule has 2 rings (SSSR count). The number of morpholine rings is 1. The summed E-state index contributed by atoms with van der Waals surface area (Å²) in [6, 6.07) is 0. The highest BCUT2D eigenvalue weighted by Crippen LogP contribution is 2.30. The van der Waals surface area contributed by atoms with E-state index in [2.05, 4.69) is 11.6 Å². The van der Waals surface area contributed by atoms with Gasteiger partial charge in [-0.3, -0.25) is 9.78 Å². The van der Waals surface area contributed by atoms with Gasteiger partial charge in [-0.1, -0.05) is 29.8 Å². The first kappa shape index (κ1) is 13.3. The van der Waals surface area contributed by atoms with Crippen LogP contribution in [0.3, 0.4) is 0 Å². The molecule has 1 aromatic heterocycles. The molecule has 0 bridgehead atoms. The zero-order valence-corrected chi connectivity index (χ0v) is 11.2. The maximum absolute atomic E-state index is 10.9. The van der Waals surface area contributed by atoms with E-state index < -0.39 is 0 Å². The maximum Gasteiger partial charge on any atom is 0.153 e. The van der Waals surface area contributed by atoms with E-state index in [0.29, 0.717) is 30.9 Å². The third kappa shape index (κ3) is 2.51. The molecule has 4 nitrogen and oxygen atoms in total. The summed E-state index contributed by atoms with van der Waals surface area (Å²) in [5.41, 5.74) is 1.42.